The van der Waals surface area contributed by atoms with E-state index in [0.29, 0.717) is 12.8 Å². The molecule has 1 aliphatic rings. The summed E-state index contributed by atoms with van der Waals surface area (Å²) in [5.74, 6) is -0.156. The molecule has 0 unspecified atom stereocenters. The molecule has 1 fully saturated rings. The number of aromatic nitrogens is 2. The van der Waals surface area contributed by atoms with Crippen molar-refractivity contribution in [3.63, 3.8) is 0 Å². The molecule has 0 radical (unpaired) electrons. The number of imidazole rings is 1. The zero-order valence-corrected chi connectivity index (χ0v) is 14.1. The highest BCUT2D eigenvalue weighted by atomic mass is 16.2. The number of allylic oxidation sites excluding steroid dienone is 1. The van der Waals surface area contributed by atoms with Gasteiger partial charge in [0.05, 0.1) is 11.0 Å². The molecule has 1 aromatic heterocycles. The number of benzene rings is 1. The van der Waals surface area contributed by atoms with E-state index in [1.807, 2.05) is 12.1 Å². The summed E-state index contributed by atoms with van der Waals surface area (Å²) in [6, 6.07) is 5.45. The number of hydrogen-bond donors (Lipinski definition) is 1. The van der Waals surface area contributed by atoms with Gasteiger partial charge in [0, 0.05) is 12.7 Å². The van der Waals surface area contributed by atoms with Gasteiger partial charge in [0.2, 0.25) is 5.91 Å². The third-order valence-electron chi connectivity index (χ3n) is 4.54. The van der Waals surface area contributed by atoms with Gasteiger partial charge in [-0.25, -0.2) is 4.79 Å². The lowest BCUT2D eigenvalue weighted by Crippen LogP contribution is -2.40. The van der Waals surface area contributed by atoms with Crippen molar-refractivity contribution < 1.29 is 4.79 Å². The van der Waals surface area contributed by atoms with Crippen LogP contribution in [0.2, 0.25) is 0 Å². The minimum absolute atomic E-state index is 0.0843. The van der Waals surface area contributed by atoms with Gasteiger partial charge in [-0.05, 0) is 29.9 Å². The largest absolute Gasteiger partial charge is 0.329 e. The SMILES string of the molecule is C=C1CC[C@@H](n2c(=O)n(C)c3c(C(C)(C)C)cccc32)C(=O)N1. The molecule has 1 saturated heterocycles. The summed E-state index contributed by atoms with van der Waals surface area (Å²) in [7, 11) is 1.77. The van der Waals surface area contributed by atoms with Gasteiger partial charge in [0.25, 0.3) is 0 Å². The molecule has 0 spiro atoms. The number of piperidine rings is 1. The molecule has 0 saturated carbocycles. The number of carbonyl (C=O) groups is 1. The Morgan fingerprint density at radius 2 is 1.96 bits per heavy atom. The number of amides is 1. The summed E-state index contributed by atoms with van der Waals surface area (Å²) in [5, 5.41) is 2.77. The van der Waals surface area contributed by atoms with Gasteiger partial charge in [-0.1, -0.05) is 39.5 Å². The van der Waals surface area contributed by atoms with E-state index in [9.17, 15) is 9.59 Å². The van der Waals surface area contributed by atoms with Gasteiger partial charge >= 0.3 is 5.69 Å². The van der Waals surface area contributed by atoms with Crippen LogP contribution in [0.15, 0.2) is 35.3 Å². The van der Waals surface area contributed by atoms with E-state index in [1.165, 1.54) is 0 Å². The smallest absolute Gasteiger partial charge is 0.329 e. The van der Waals surface area contributed by atoms with Crippen molar-refractivity contribution in [2.75, 3.05) is 0 Å². The Labute approximate surface area is 135 Å². The molecule has 0 aliphatic carbocycles. The molecule has 122 valence electrons. The van der Waals surface area contributed by atoms with E-state index >= 15 is 0 Å². The second-order valence-corrected chi connectivity index (χ2v) is 7.28. The van der Waals surface area contributed by atoms with Gasteiger partial charge < -0.3 is 5.32 Å². The third-order valence-corrected chi connectivity index (χ3v) is 4.54. The predicted molar refractivity (Wildman–Crippen MR) is 91.4 cm³/mol. The molecule has 1 amide bonds. The predicted octanol–water partition coefficient (Wildman–Crippen LogP) is 2.60. The van der Waals surface area contributed by atoms with Gasteiger partial charge in [0.1, 0.15) is 6.04 Å². The summed E-state index contributed by atoms with van der Waals surface area (Å²) in [4.78, 5) is 25.2. The average Bonchev–Trinajstić information content (AvgIpc) is 2.71. The van der Waals surface area contributed by atoms with Crippen molar-refractivity contribution in [1.82, 2.24) is 14.5 Å². The summed E-state index contributed by atoms with van der Waals surface area (Å²) >= 11 is 0. The molecule has 1 N–H and O–H groups in total. The van der Waals surface area contributed by atoms with E-state index in [-0.39, 0.29) is 17.0 Å². The van der Waals surface area contributed by atoms with E-state index in [2.05, 4.69) is 38.7 Å². The number of fused-ring (bicyclic) bond motifs is 1. The fourth-order valence-corrected chi connectivity index (χ4v) is 3.35. The fourth-order valence-electron chi connectivity index (χ4n) is 3.35. The van der Waals surface area contributed by atoms with Gasteiger partial charge in [-0.3, -0.25) is 13.9 Å². The Morgan fingerprint density at radius 1 is 1.26 bits per heavy atom. The Kier molecular flexibility index (Phi) is 3.47. The molecule has 2 heterocycles. The Bertz CT molecular complexity index is 865. The maximum absolute atomic E-state index is 12.8. The normalized spacial score (nSPS) is 19.2. The number of aryl methyl sites for hydroxylation is 1. The van der Waals surface area contributed by atoms with Gasteiger partial charge in [-0.15, -0.1) is 0 Å². The minimum Gasteiger partial charge on any atom is -0.329 e. The van der Waals surface area contributed by atoms with Gasteiger partial charge in [-0.2, -0.15) is 0 Å². The second-order valence-electron chi connectivity index (χ2n) is 7.28. The van der Waals surface area contributed by atoms with Crippen LogP contribution in [0.25, 0.3) is 11.0 Å². The van der Waals surface area contributed by atoms with Crippen molar-refractivity contribution >= 4 is 16.9 Å². The highest BCUT2D eigenvalue weighted by Crippen LogP contribution is 2.31. The minimum atomic E-state index is -0.480. The number of nitrogens with zero attached hydrogens (tertiary/aromatic N) is 2. The fraction of sp³-hybridized carbons (Fsp3) is 0.444. The second kappa shape index (κ2) is 5.11. The lowest BCUT2D eigenvalue weighted by atomic mass is 9.86. The van der Waals surface area contributed by atoms with Crippen LogP contribution in [-0.4, -0.2) is 15.0 Å². The molecule has 1 aliphatic heterocycles. The summed E-state index contributed by atoms with van der Waals surface area (Å²) in [6.07, 6.45) is 1.29. The first kappa shape index (κ1) is 15.6. The van der Waals surface area contributed by atoms with Crippen molar-refractivity contribution in [3.05, 3.63) is 46.5 Å². The van der Waals surface area contributed by atoms with E-state index < -0.39 is 6.04 Å². The lowest BCUT2D eigenvalue weighted by molar-refractivity contribution is -0.124. The molecule has 5 nitrogen and oxygen atoms in total. The molecule has 5 heteroatoms. The van der Waals surface area contributed by atoms with Crippen LogP contribution in [0.1, 0.15) is 45.2 Å². The van der Waals surface area contributed by atoms with Crippen molar-refractivity contribution in [2.45, 2.75) is 45.1 Å². The van der Waals surface area contributed by atoms with Crippen LogP contribution in [0, 0.1) is 0 Å². The number of para-hydroxylation sites is 1. The molecule has 0 bridgehead atoms. The summed E-state index contributed by atoms with van der Waals surface area (Å²) in [5.41, 5.74) is 3.31. The third kappa shape index (κ3) is 2.40. The molecule has 2 aromatic rings. The molecule has 1 aromatic carbocycles. The van der Waals surface area contributed by atoms with Crippen LogP contribution in [-0.2, 0) is 17.3 Å². The highest BCUT2D eigenvalue weighted by Gasteiger charge is 2.30. The topological polar surface area (TPSA) is 56.0 Å². The lowest BCUT2D eigenvalue weighted by Gasteiger charge is -2.25. The van der Waals surface area contributed by atoms with E-state index in [4.69, 9.17) is 0 Å². The number of nitrogens with one attached hydrogen (secondary N) is 1. The highest BCUT2D eigenvalue weighted by molar-refractivity contribution is 5.87. The maximum Gasteiger partial charge on any atom is 0.329 e. The molecule has 23 heavy (non-hydrogen) atoms. The standard InChI is InChI=1S/C18H23N3O2/c1-11-9-10-14(16(22)19-11)21-13-8-6-7-12(18(2,3)4)15(13)20(5)17(21)23/h6-8,14H,1,9-10H2,2-5H3,(H,19,22)/t14-/m1/s1. The first-order valence-electron chi connectivity index (χ1n) is 7.91. The van der Waals surface area contributed by atoms with Crippen molar-refractivity contribution in [2.24, 2.45) is 7.05 Å². The van der Waals surface area contributed by atoms with E-state index in [1.54, 1.807) is 16.2 Å². The Hall–Kier alpha value is -2.30. The van der Waals surface area contributed by atoms with Crippen LogP contribution >= 0.6 is 0 Å². The van der Waals surface area contributed by atoms with Crippen LogP contribution in [0.5, 0.6) is 0 Å². The van der Waals surface area contributed by atoms with Gasteiger partial charge in [0.15, 0.2) is 0 Å². The average molecular weight is 313 g/mol. The van der Waals surface area contributed by atoms with Crippen molar-refractivity contribution in [1.29, 1.82) is 0 Å². The summed E-state index contributed by atoms with van der Waals surface area (Å²) < 4.78 is 3.29. The van der Waals surface area contributed by atoms with Crippen LogP contribution < -0.4 is 11.0 Å². The van der Waals surface area contributed by atoms with E-state index in [0.717, 1.165) is 22.3 Å². The Morgan fingerprint density at radius 3 is 2.57 bits per heavy atom. The zero-order valence-electron chi connectivity index (χ0n) is 14.1. The van der Waals surface area contributed by atoms with Crippen LogP contribution in [0.3, 0.4) is 0 Å². The monoisotopic (exact) mass is 313 g/mol. The van der Waals surface area contributed by atoms with Crippen LogP contribution in [0.4, 0.5) is 0 Å². The first-order valence-corrected chi connectivity index (χ1v) is 7.91. The van der Waals surface area contributed by atoms with Crippen molar-refractivity contribution in [3.8, 4) is 0 Å². The number of carbonyl (C=O) groups excluding carboxylic acids is 1. The molecule has 3 rings (SSSR count). The molecular weight excluding hydrogens is 290 g/mol. The molecular formula is C18H23N3O2. The quantitative estimate of drug-likeness (QED) is 0.880. The maximum atomic E-state index is 12.8. The first-order chi connectivity index (χ1) is 10.7. The molecule has 1 atom stereocenters. The number of hydrogen-bond acceptors (Lipinski definition) is 2. The number of rotatable bonds is 1. The zero-order chi connectivity index (χ0) is 16.9. The Balaban J connectivity index is 2.28. The summed E-state index contributed by atoms with van der Waals surface area (Å²) in [6.45, 7) is 10.2.